The maximum absolute atomic E-state index is 12.5. The highest BCUT2D eigenvalue weighted by atomic mass is 32.2. The molecule has 0 unspecified atom stereocenters. The fourth-order valence-electron chi connectivity index (χ4n) is 3.39. The van der Waals surface area contributed by atoms with Gasteiger partial charge in [-0.3, -0.25) is 9.89 Å². The first-order chi connectivity index (χ1) is 15.1. The Bertz CT molecular complexity index is 1190. The van der Waals surface area contributed by atoms with Crippen LogP contribution in [0.25, 0.3) is 10.8 Å². The van der Waals surface area contributed by atoms with Crippen LogP contribution in [0.4, 0.5) is 0 Å². The van der Waals surface area contributed by atoms with E-state index in [1.165, 1.54) is 11.8 Å². The molecule has 3 aromatic carbocycles. The number of benzene rings is 3. The highest BCUT2D eigenvalue weighted by Gasteiger charge is 2.14. The van der Waals surface area contributed by atoms with Crippen LogP contribution in [0.3, 0.4) is 0 Å². The molecule has 0 bridgehead atoms. The second-order valence-electron chi connectivity index (χ2n) is 7.27. The maximum Gasteiger partial charge on any atom is 0.230 e. The summed E-state index contributed by atoms with van der Waals surface area (Å²) in [6.07, 6.45) is 0. The van der Waals surface area contributed by atoms with Gasteiger partial charge in [-0.2, -0.15) is 0 Å². The Morgan fingerprint density at radius 1 is 1.10 bits per heavy atom. The van der Waals surface area contributed by atoms with Crippen molar-refractivity contribution in [2.45, 2.75) is 31.7 Å². The molecule has 1 heterocycles. The lowest BCUT2D eigenvalue weighted by Crippen LogP contribution is -2.28. The monoisotopic (exact) mass is 432 g/mol. The van der Waals surface area contributed by atoms with Crippen LogP contribution >= 0.6 is 11.8 Å². The number of nitrogens with zero attached hydrogens (tertiary/aromatic N) is 2. The molecule has 1 atom stereocenters. The number of nitrogens with one attached hydrogen (secondary N) is 2. The van der Waals surface area contributed by atoms with E-state index in [0.717, 1.165) is 27.6 Å². The third-order valence-electron chi connectivity index (χ3n) is 4.97. The van der Waals surface area contributed by atoms with Crippen LogP contribution in [0, 0.1) is 6.92 Å². The Morgan fingerprint density at radius 2 is 1.87 bits per heavy atom. The van der Waals surface area contributed by atoms with E-state index in [1.807, 2.05) is 56.3 Å². The van der Waals surface area contributed by atoms with Gasteiger partial charge in [0.1, 0.15) is 12.4 Å². The van der Waals surface area contributed by atoms with E-state index in [1.54, 1.807) is 0 Å². The number of aromatic amines is 1. The van der Waals surface area contributed by atoms with Gasteiger partial charge in [-0.15, -0.1) is 5.10 Å². The van der Waals surface area contributed by atoms with Gasteiger partial charge >= 0.3 is 0 Å². The average Bonchev–Trinajstić information content (AvgIpc) is 3.24. The Morgan fingerprint density at radius 3 is 2.74 bits per heavy atom. The van der Waals surface area contributed by atoms with E-state index >= 15 is 0 Å². The maximum atomic E-state index is 12.5. The number of aromatic nitrogens is 3. The van der Waals surface area contributed by atoms with Crippen LogP contribution in [-0.2, 0) is 11.4 Å². The highest BCUT2D eigenvalue weighted by Crippen LogP contribution is 2.24. The summed E-state index contributed by atoms with van der Waals surface area (Å²) in [5.74, 6) is 1.61. The van der Waals surface area contributed by atoms with Crippen LogP contribution in [0.5, 0.6) is 5.75 Å². The molecule has 158 valence electrons. The van der Waals surface area contributed by atoms with E-state index < -0.39 is 0 Å². The highest BCUT2D eigenvalue weighted by molar-refractivity contribution is 7.99. The summed E-state index contributed by atoms with van der Waals surface area (Å²) < 4.78 is 5.78. The lowest BCUT2D eigenvalue weighted by atomic mass is 10.00. The van der Waals surface area contributed by atoms with Crippen LogP contribution in [-0.4, -0.2) is 26.8 Å². The summed E-state index contributed by atoms with van der Waals surface area (Å²) in [6.45, 7) is 4.29. The third kappa shape index (κ3) is 5.24. The van der Waals surface area contributed by atoms with Crippen LogP contribution in [0.1, 0.15) is 29.9 Å². The number of thioether (sulfide) groups is 1. The van der Waals surface area contributed by atoms with E-state index in [4.69, 9.17) is 4.74 Å². The summed E-state index contributed by atoms with van der Waals surface area (Å²) in [4.78, 5) is 16.9. The second-order valence-corrected chi connectivity index (χ2v) is 8.21. The van der Waals surface area contributed by atoms with Crippen LogP contribution in [0.2, 0.25) is 0 Å². The largest absolute Gasteiger partial charge is 0.485 e. The molecule has 1 aromatic heterocycles. The predicted molar refractivity (Wildman–Crippen MR) is 123 cm³/mol. The number of H-pyrrole nitrogens is 1. The number of carbonyl (C=O) groups is 1. The molecule has 6 nitrogen and oxygen atoms in total. The van der Waals surface area contributed by atoms with Crippen molar-refractivity contribution < 1.29 is 9.53 Å². The van der Waals surface area contributed by atoms with Gasteiger partial charge in [-0.05, 0) is 41.8 Å². The van der Waals surface area contributed by atoms with Crippen LogP contribution < -0.4 is 10.1 Å². The van der Waals surface area contributed by atoms with E-state index in [2.05, 4.69) is 44.8 Å². The van der Waals surface area contributed by atoms with E-state index in [0.29, 0.717) is 17.6 Å². The lowest BCUT2D eigenvalue weighted by molar-refractivity contribution is -0.119. The summed E-state index contributed by atoms with van der Waals surface area (Å²) in [6, 6.07) is 22.1. The molecular weight excluding hydrogens is 408 g/mol. The normalized spacial score (nSPS) is 11.9. The number of para-hydroxylation sites is 1. The minimum absolute atomic E-state index is 0.0621. The molecule has 1 amide bonds. The molecule has 0 spiro atoms. The van der Waals surface area contributed by atoms with Crippen molar-refractivity contribution in [3.63, 3.8) is 0 Å². The minimum atomic E-state index is -0.0931. The number of amides is 1. The fraction of sp³-hybridized carbons (Fsp3) is 0.208. The molecule has 0 aliphatic rings. The van der Waals surface area contributed by atoms with Gasteiger partial charge in [0.15, 0.2) is 5.82 Å². The molecular formula is C24H24N4O2S. The van der Waals surface area contributed by atoms with Crippen molar-refractivity contribution in [2.24, 2.45) is 0 Å². The van der Waals surface area contributed by atoms with Gasteiger partial charge in [-0.25, -0.2) is 4.98 Å². The number of carbonyl (C=O) groups excluding carboxylic acids is 1. The summed E-state index contributed by atoms with van der Waals surface area (Å²) >= 11 is 1.29. The zero-order valence-electron chi connectivity index (χ0n) is 17.5. The predicted octanol–water partition coefficient (Wildman–Crippen LogP) is 4.81. The number of hydrogen-bond donors (Lipinski definition) is 2. The van der Waals surface area contributed by atoms with Crippen molar-refractivity contribution in [3.05, 3.63) is 83.7 Å². The molecule has 0 radical (unpaired) electrons. The molecule has 0 saturated carbocycles. The van der Waals surface area contributed by atoms with Crippen molar-refractivity contribution in [2.75, 3.05) is 5.75 Å². The third-order valence-corrected chi connectivity index (χ3v) is 5.82. The van der Waals surface area contributed by atoms with Crippen molar-refractivity contribution >= 4 is 28.4 Å². The number of ether oxygens (including phenoxy) is 1. The van der Waals surface area contributed by atoms with Gasteiger partial charge in [0.05, 0.1) is 11.8 Å². The fourth-order valence-corrected chi connectivity index (χ4v) is 4.02. The Balaban J connectivity index is 1.29. The molecule has 0 aliphatic heterocycles. The van der Waals surface area contributed by atoms with Crippen molar-refractivity contribution in [1.82, 2.24) is 20.5 Å². The molecule has 2 N–H and O–H groups in total. The molecule has 4 aromatic rings. The number of hydrogen-bond acceptors (Lipinski definition) is 5. The summed E-state index contributed by atoms with van der Waals surface area (Å²) in [5, 5.41) is 12.9. The SMILES string of the molecule is Cc1ccccc1OCc1nc(SCC(=O)N[C@@H](C)c2cccc3ccccc23)n[nH]1. The standard InChI is InChI=1S/C24H24N4O2S/c1-16-8-3-6-13-21(16)30-14-22-26-24(28-27-22)31-15-23(29)25-17(2)19-12-7-10-18-9-4-5-11-20(18)19/h3-13,17H,14-15H2,1-2H3,(H,25,29)(H,26,27,28)/t17-/m0/s1. The summed E-state index contributed by atoms with van der Waals surface area (Å²) in [5.41, 5.74) is 2.17. The Kier molecular flexibility index (Phi) is 6.52. The van der Waals surface area contributed by atoms with Crippen LogP contribution in [0.15, 0.2) is 71.9 Å². The quantitative estimate of drug-likeness (QED) is 0.391. The minimum Gasteiger partial charge on any atom is -0.485 e. The molecule has 7 heteroatoms. The molecule has 31 heavy (non-hydrogen) atoms. The first-order valence-corrected chi connectivity index (χ1v) is 11.1. The molecule has 4 rings (SSSR count). The van der Waals surface area contributed by atoms with E-state index in [-0.39, 0.29) is 17.7 Å². The van der Waals surface area contributed by atoms with E-state index in [9.17, 15) is 4.79 Å². The van der Waals surface area contributed by atoms with Gasteiger partial charge < -0.3 is 10.1 Å². The number of rotatable bonds is 8. The Labute approximate surface area is 185 Å². The van der Waals surface area contributed by atoms with Crippen molar-refractivity contribution in [1.29, 1.82) is 0 Å². The van der Waals surface area contributed by atoms with Gasteiger partial charge in [0.2, 0.25) is 11.1 Å². The lowest BCUT2D eigenvalue weighted by Gasteiger charge is -2.16. The topological polar surface area (TPSA) is 79.9 Å². The number of aryl methyl sites for hydroxylation is 1. The smallest absolute Gasteiger partial charge is 0.230 e. The van der Waals surface area contributed by atoms with Gasteiger partial charge in [0.25, 0.3) is 0 Å². The zero-order chi connectivity index (χ0) is 21.6. The Hall–Kier alpha value is -3.32. The molecule has 0 fully saturated rings. The van der Waals surface area contributed by atoms with Gasteiger partial charge in [-0.1, -0.05) is 72.4 Å². The average molecular weight is 433 g/mol. The summed E-state index contributed by atoms with van der Waals surface area (Å²) in [7, 11) is 0. The molecule has 0 aliphatic carbocycles. The second kappa shape index (κ2) is 9.66. The first-order valence-electron chi connectivity index (χ1n) is 10.1. The van der Waals surface area contributed by atoms with Crippen molar-refractivity contribution in [3.8, 4) is 5.75 Å². The molecule has 0 saturated heterocycles. The zero-order valence-corrected chi connectivity index (χ0v) is 18.3. The first kappa shape index (κ1) is 20.9. The number of fused-ring (bicyclic) bond motifs is 1. The van der Waals surface area contributed by atoms with Gasteiger partial charge in [0, 0.05) is 0 Å².